The number of rotatable bonds is 5. The number of hydrogen-bond acceptors (Lipinski definition) is 5. The van der Waals surface area contributed by atoms with E-state index < -0.39 is 11.6 Å². The van der Waals surface area contributed by atoms with E-state index in [-0.39, 0.29) is 11.3 Å². The van der Waals surface area contributed by atoms with Crippen molar-refractivity contribution in [2.45, 2.75) is 20.8 Å². The van der Waals surface area contributed by atoms with Gasteiger partial charge in [-0.2, -0.15) is 14.6 Å². The molecule has 0 radical (unpaired) electrons. The van der Waals surface area contributed by atoms with Crippen molar-refractivity contribution in [1.82, 2.24) is 19.6 Å². The maximum atomic E-state index is 14.6. The second-order valence-electron chi connectivity index (χ2n) is 6.13. The molecule has 132 valence electrons. The predicted octanol–water partition coefficient (Wildman–Crippen LogP) is 3.45. The lowest BCUT2D eigenvalue weighted by atomic mass is 10.0. The lowest BCUT2D eigenvalue weighted by Crippen LogP contribution is -2.14. The van der Waals surface area contributed by atoms with Crippen LogP contribution in [0.2, 0.25) is 0 Å². The Bertz CT molecular complexity index is 923. The highest BCUT2D eigenvalue weighted by Gasteiger charge is 2.21. The van der Waals surface area contributed by atoms with Crippen molar-refractivity contribution in [3.63, 3.8) is 0 Å². The van der Waals surface area contributed by atoms with Gasteiger partial charge in [0.25, 0.3) is 5.78 Å². The molecule has 0 saturated heterocycles. The molecule has 0 spiro atoms. The van der Waals surface area contributed by atoms with Crippen LogP contribution in [0, 0.1) is 24.5 Å². The summed E-state index contributed by atoms with van der Waals surface area (Å²) < 4.78 is 35.2. The van der Waals surface area contributed by atoms with E-state index in [0.29, 0.717) is 35.3 Å². The van der Waals surface area contributed by atoms with Crippen molar-refractivity contribution in [1.29, 1.82) is 0 Å². The standard InChI is InChI=1S/C17H19F2N5O/c1-9(2)7-20-16-15(10(3)23-17-21-8-22-24(16)17)11-5-13(19)14(25-4)6-12(11)18/h5-6,8-9,20H,7H2,1-4H3. The minimum Gasteiger partial charge on any atom is -0.494 e. The SMILES string of the molecule is COc1cc(F)c(-c2c(C)nc3ncnn3c2NCC(C)C)cc1F. The third kappa shape index (κ3) is 3.11. The zero-order valence-corrected chi connectivity index (χ0v) is 14.5. The van der Waals surface area contributed by atoms with Crippen molar-refractivity contribution < 1.29 is 13.5 Å². The molecule has 0 saturated carbocycles. The number of hydrogen-bond donors (Lipinski definition) is 1. The third-order valence-electron chi connectivity index (χ3n) is 3.80. The van der Waals surface area contributed by atoms with Crippen LogP contribution in [0.3, 0.4) is 0 Å². The maximum absolute atomic E-state index is 14.6. The molecule has 3 rings (SSSR count). The number of aromatic nitrogens is 4. The minimum atomic E-state index is -0.646. The monoisotopic (exact) mass is 347 g/mol. The Kier molecular flexibility index (Phi) is 4.52. The van der Waals surface area contributed by atoms with Crippen molar-refractivity contribution >= 4 is 11.6 Å². The highest BCUT2D eigenvalue weighted by atomic mass is 19.1. The number of aryl methyl sites for hydroxylation is 1. The van der Waals surface area contributed by atoms with Gasteiger partial charge in [0.15, 0.2) is 11.6 Å². The third-order valence-corrected chi connectivity index (χ3v) is 3.80. The normalized spacial score (nSPS) is 11.3. The van der Waals surface area contributed by atoms with Gasteiger partial charge in [-0.1, -0.05) is 13.8 Å². The lowest BCUT2D eigenvalue weighted by molar-refractivity contribution is 0.383. The van der Waals surface area contributed by atoms with Gasteiger partial charge < -0.3 is 10.1 Å². The quantitative estimate of drug-likeness (QED) is 0.766. The molecule has 2 heterocycles. The Balaban J connectivity index is 2.26. The van der Waals surface area contributed by atoms with Gasteiger partial charge in [-0.25, -0.2) is 13.8 Å². The summed E-state index contributed by atoms with van der Waals surface area (Å²) in [6.45, 7) is 6.46. The molecule has 2 aromatic heterocycles. The molecule has 0 aliphatic rings. The number of nitrogens with one attached hydrogen (secondary N) is 1. The predicted molar refractivity (Wildman–Crippen MR) is 90.8 cm³/mol. The van der Waals surface area contributed by atoms with Crippen LogP contribution < -0.4 is 10.1 Å². The molecular weight excluding hydrogens is 328 g/mol. The van der Waals surface area contributed by atoms with E-state index in [4.69, 9.17) is 4.74 Å². The number of halogens is 2. The Labute approximate surface area is 143 Å². The van der Waals surface area contributed by atoms with Crippen LogP contribution >= 0.6 is 0 Å². The molecular formula is C17H19F2N5O. The number of nitrogens with zero attached hydrogens (tertiary/aromatic N) is 4. The van der Waals surface area contributed by atoms with Gasteiger partial charge in [-0.3, -0.25) is 0 Å². The summed E-state index contributed by atoms with van der Waals surface area (Å²) in [6, 6.07) is 2.14. The van der Waals surface area contributed by atoms with Crippen molar-refractivity contribution in [2.75, 3.05) is 19.0 Å². The van der Waals surface area contributed by atoms with Gasteiger partial charge in [-0.15, -0.1) is 0 Å². The molecule has 0 bridgehead atoms. The first-order chi connectivity index (χ1) is 11.9. The van der Waals surface area contributed by atoms with Gasteiger partial charge >= 0.3 is 0 Å². The summed E-state index contributed by atoms with van der Waals surface area (Å²) in [4.78, 5) is 8.42. The largest absolute Gasteiger partial charge is 0.494 e. The second kappa shape index (κ2) is 6.62. The molecule has 0 aliphatic heterocycles. The van der Waals surface area contributed by atoms with Gasteiger partial charge in [0.2, 0.25) is 0 Å². The first kappa shape index (κ1) is 17.1. The molecule has 0 aliphatic carbocycles. The van der Waals surface area contributed by atoms with E-state index >= 15 is 0 Å². The van der Waals surface area contributed by atoms with Gasteiger partial charge in [-0.05, 0) is 18.9 Å². The van der Waals surface area contributed by atoms with Gasteiger partial charge in [0, 0.05) is 23.7 Å². The zero-order valence-electron chi connectivity index (χ0n) is 14.5. The summed E-state index contributed by atoms with van der Waals surface area (Å²) in [5.74, 6) is -0.135. The fourth-order valence-corrected chi connectivity index (χ4v) is 2.62. The van der Waals surface area contributed by atoms with E-state index in [0.717, 1.165) is 12.1 Å². The highest BCUT2D eigenvalue weighted by molar-refractivity contribution is 5.79. The van der Waals surface area contributed by atoms with Crippen molar-refractivity contribution in [2.24, 2.45) is 5.92 Å². The van der Waals surface area contributed by atoms with Crippen LogP contribution in [0.5, 0.6) is 5.75 Å². The molecule has 1 N–H and O–H groups in total. The van der Waals surface area contributed by atoms with Crippen LogP contribution in [0.25, 0.3) is 16.9 Å². The van der Waals surface area contributed by atoms with E-state index in [1.165, 1.54) is 18.0 Å². The molecule has 8 heteroatoms. The summed E-state index contributed by atoms with van der Waals surface area (Å²) >= 11 is 0. The van der Waals surface area contributed by atoms with E-state index in [1.54, 1.807) is 6.92 Å². The van der Waals surface area contributed by atoms with Crippen LogP contribution in [0.4, 0.5) is 14.6 Å². The first-order valence-electron chi connectivity index (χ1n) is 7.90. The lowest BCUT2D eigenvalue weighted by Gasteiger charge is -2.17. The summed E-state index contributed by atoms with van der Waals surface area (Å²) in [5, 5.41) is 7.41. The second-order valence-corrected chi connectivity index (χ2v) is 6.13. The molecule has 0 amide bonds. The molecule has 3 aromatic rings. The van der Waals surface area contributed by atoms with Crippen LogP contribution in [-0.2, 0) is 0 Å². The Morgan fingerprint density at radius 2 is 2.00 bits per heavy atom. The average Bonchev–Trinajstić information content (AvgIpc) is 3.02. The summed E-state index contributed by atoms with van der Waals surface area (Å²) in [6.07, 6.45) is 1.37. The van der Waals surface area contributed by atoms with Crippen LogP contribution in [0.15, 0.2) is 18.5 Å². The molecule has 6 nitrogen and oxygen atoms in total. The highest BCUT2D eigenvalue weighted by Crippen LogP contribution is 2.35. The van der Waals surface area contributed by atoms with E-state index in [1.807, 2.05) is 13.8 Å². The number of methoxy groups -OCH3 is 1. The van der Waals surface area contributed by atoms with Crippen LogP contribution in [-0.4, -0.2) is 33.2 Å². The number of anilines is 1. The summed E-state index contributed by atoms with van der Waals surface area (Å²) in [7, 11) is 1.29. The number of benzene rings is 1. The maximum Gasteiger partial charge on any atom is 0.254 e. The van der Waals surface area contributed by atoms with Crippen LogP contribution in [0.1, 0.15) is 19.5 Å². The Hall–Kier alpha value is -2.77. The van der Waals surface area contributed by atoms with Gasteiger partial charge in [0.1, 0.15) is 18.0 Å². The fourth-order valence-electron chi connectivity index (χ4n) is 2.62. The Morgan fingerprint density at radius 3 is 2.68 bits per heavy atom. The smallest absolute Gasteiger partial charge is 0.254 e. The topological polar surface area (TPSA) is 64.3 Å². The van der Waals surface area contributed by atoms with Gasteiger partial charge in [0.05, 0.1) is 12.8 Å². The number of fused-ring (bicyclic) bond motifs is 1. The molecule has 25 heavy (non-hydrogen) atoms. The number of ether oxygens (including phenoxy) is 1. The first-order valence-corrected chi connectivity index (χ1v) is 7.90. The summed E-state index contributed by atoms with van der Waals surface area (Å²) in [5.41, 5.74) is 1.06. The molecule has 0 fully saturated rings. The molecule has 0 unspecified atom stereocenters. The van der Waals surface area contributed by atoms with Crippen molar-refractivity contribution in [3.8, 4) is 16.9 Å². The average molecular weight is 347 g/mol. The Morgan fingerprint density at radius 1 is 1.24 bits per heavy atom. The minimum absolute atomic E-state index is 0.0898. The van der Waals surface area contributed by atoms with Crippen molar-refractivity contribution in [3.05, 3.63) is 35.8 Å². The van der Waals surface area contributed by atoms with E-state index in [9.17, 15) is 8.78 Å². The molecule has 0 atom stereocenters. The van der Waals surface area contributed by atoms with E-state index in [2.05, 4.69) is 20.4 Å². The molecule has 1 aromatic carbocycles. The fraction of sp³-hybridized carbons (Fsp3) is 0.353. The zero-order chi connectivity index (χ0) is 18.1.